The highest BCUT2D eigenvalue weighted by atomic mass is 15.1. The van der Waals surface area contributed by atoms with E-state index in [1.165, 1.54) is 0 Å². The molecule has 2 aromatic rings. The quantitative estimate of drug-likeness (QED) is 0.821. The van der Waals surface area contributed by atoms with Crippen molar-refractivity contribution in [2.75, 3.05) is 7.05 Å². The molecule has 2 aromatic heterocycles. The normalized spacial score (nSPS) is 10.0. The number of aromatic nitrogens is 3. The Morgan fingerprint density at radius 1 is 1.50 bits per heavy atom. The Morgan fingerprint density at radius 2 is 2.38 bits per heavy atom. The van der Waals surface area contributed by atoms with Crippen LogP contribution in [0.4, 0.5) is 0 Å². The monoisotopic (exact) mass is 213 g/mol. The van der Waals surface area contributed by atoms with Crippen LogP contribution >= 0.6 is 0 Å². The first-order valence-corrected chi connectivity index (χ1v) is 4.87. The highest BCUT2D eigenvalue weighted by Gasteiger charge is 2.04. The van der Waals surface area contributed by atoms with Crippen LogP contribution in [-0.4, -0.2) is 21.6 Å². The van der Waals surface area contributed by atoms with Crippen LogP contribution in [-0.2, 0) is 6.54 Å². The van der Waals surface area contributed by atoms with Gasteiger partial charge in [-0.1, -0.05) is 0 Å². The minimum absolute atomic E-state index is 0.364. The van der Waals surface area contributed by atoms with Gasteiger partial charge < -0.3 is 5.32 Å². The van der Waals surface area contributed by atoms with E-state index in [4.69, 9.17) is 5.26 Å². The summed E-state index contributed by atoms with van der Waals surface area (Å²) in [5.41, 5.74) is 1.92. The van der Waals surface area contributed by atoms with Crippen LogP contribution in [0.15, 0.2) is 30.9 Å². The Kier molecular flexibility index (Phi) is 2.94. The molecule has 0 bridgehead atoms. The molecule has 0 radical (unpaired) electrons. The van der Waals surface area contributed by atoms with Gasteiger partial charge in [0.2, 0.25) is 5.82 Å². The van der Waals surface area contributed by atoms with Gasteiger partial charge in [0.25, 0.3) is 0 Å². The smallest absolute Gasteiger partial charge is 0.217 e. The zero-order chi connectivity index (χ0) is 11.4. The van der Waals surface area contributed by atoms with Crippen LogP contribution in [0.25, 0.3) is 5.69 Å². The van der Waals surface area contributed by atoms with Gasteiger partial charge in [0.05, 0.1) is 11.9 Å². The highest BCUT2D eigenvalue weighted by Crippen LogP contribution is 2.10. The highest BCUT2D eigenvalue weighted by molar-refractivity contribution is 5.36. The predicted molar refractivity (Wildman–Crippen MR) is 58.8 cm³/mol. The summed E-state index contributed by atoms with van der Waals surface area (Å²) in [6, 6.07) is 4.01. The molecule has 0 spiro atoms. The van der Waals surface area contributed by atoms with Crippen LogP contribution < -0.4 is 5.32 Å². The van der Waals surface area contributed by atoms with Crippen molar-refractivity contribution < 1.29 is 0 Å². The molecule has 16 heavy (non-hydrogen) atoms. The predicted octanol–water partition coefficient (Wildman–Crippen LogP) is 0.858. The van der Waals surface area contributed by atoms with E-state index in [-0.39, 0.29) is 0 Å². The molecule has 0 saturated carbocycles. The van der Waals surface area contributed by atoms with Crippen LogP contribution in [0.3, 0.4) is 0 Å². The number of nitrogens with zero attached hydrogens (tertiary/aromatic N) is 4. The molecule has 1 N–H and O–H groups in total. The lowest BCUT2D eigenvalue weighted by Crippen LogP contribution is -2.06. The average molecular weight is 213 g/mol. The van der Waals surface area contributed by atoms with Crippen LogP contribution in [0.5, 0.6) is 0 Å². The fraction of sp³-hybridized carbons (Fsp3) is 0.182. The second-order valence-corrected chi connectivity index (χ2v) is 3.31. The van der Waals surface area contributed by atoms with E-state index in [1.54, 1.807) is 29.4 Å². The summed E-state index contributed by atoms with van der Waals surface area (Å²) in [5.74, 6) is 0.364. The lowest BCUT2D eigenvalue weighted by molar-refractivity contribution is 0.810. The Hall–Kier alpha value is -2.19. The Bertz CT molecular complexity index is 523. The van der Waals surface area contributed by atoms with E-state index in [9.17, 15) is 0 Å². The Balaban J connectivity index is 2.41. The molecule has 0 amide bonds. The van der Waals surface area contributed by atoms with E-state index in [0.29, 0.717) is 5.82 Å². The van der Waals surface area contributed by atoms with Crippen molar-refractivity contribution in [1.82, 2.24) is 19.9 Å². The first kappa shape index (κ1) is 10.3. The Labute approximate surface area is 93.4 Å². The molecule has 2 heterocycles. The molecule has 5 heteroatoms. The number of nitrogens with one attached hydrogen (secondary N) is 1. The van der Waals surface area contributed by atoms with E-state index in [1.807, 2.05) is 19.2 Å². The zero-order valence-corrected chi connectivity index (χ0v) is 8.88. The fourth-order valence-electron chi connectivity index (χ4n) is 1.50. The first-order valence-electron chi connectivity index (χ1n) is 4.87. The maximum Gasteiger partial charge on any atom is 0.217 e. The molecule has 0 aliphatic rings. The van der Waals surface area contributed by atoms with E-state index in [0.717, 1.165) is 17.8 Å². The second-order valence-electron chi connectivity index (χ2n) is 3.31. The van der Waals surface area contributed by atoms with Crippen LogP contribution in [0, 0.1) is 11.3 Å². The SMILES string of the molecule is CNCc1cncc(-n2ccnc2C#N)c1. The van der Waals surface area contributed by atoms with Gasteiger partial charge in [-0.2, -0.15) is 5.26 Å². The molecule has 5 nitrogen and oxygen atoms in total. The second kappa shape index (κ2) is 4.55. The largest absolute Gasteiger partial charge is 0.316 e. The van der Waals surface area contributed by atoms with Crippen molar-refractivity contribution in [1.29, 1.82) is 5.26 Å². The summed E-state index contributed by atoms with van der Waals surface area (Å²) in [7, 11) is 1.88. The minimum atomic E-state index is 0.364. The number of pyridine rings is 1. The number of hydrogen-bond acceptors (Lipinski definition) is 4. The van der Waals surface area contributed by atoms with Crippen molar-refractivity contribution in [3.05, 3.63) is 42.2 Å². The summed E-state index contributed by atoms with van der Waals surface area (Å²) in [6.45, 7) is 0.747. The molecule has 2 rings (SSSR count). The maximum atomic E-state index is 8.88. The molecule has 0 fully saturated rings. The fourth-order valence-corrected chi connectivity index (χ4v) is 1.50. The zero-order valence-electron chi connectivity index (χ0n) is 8.88. The number of imidazole rings is 1. The summed E-state index contributed by atoms with van der Waals surface area (Å²) in [5, 5.41) is 11.9. The average Bonchev–Trinajstić information content (AvgIpc) is 2.78. The topological polar surface area (TPSA) is 66.5 Å². The lowest BCUT2D eigenvalue weighted by Gasteiger charge is -2.05. The van der Waals surface area contributed by atoms with Gasteiger partial charge in [-0.3, -0.25) is 9.55 Å². The molecular weight excluding hydrogens is 202 g/mol. The van der Waals surface area contributed by atoms with Gasteiger partial charge in [-0.15, -0.1) is 0 Å². The minimum Gasteiger partial charge on any atom is -0.316 e. The van der Waals surface area contributed by atoms with Crippen molar-refractivity contribution in [3.8, 4) is 11.8 Å². The molecule has 0 aliphatic heterocycles. The van der Waals surface area contributed by atoms with Gasteiger partial charge in [0, 0.05) is 25.1 Å². The summed E-state index contributed by atoms with van der Waals surface area (Å²) < 4.78 is 1.71. The van der Waals surface area contributed by atoms with Gasteiger partial charge in [0.1, 0.15) is 6.07 Å². The third-order valence-corrected chi connectivity index (χ3v) is 2.18. The van der Waals surface area contributed by atoms with Gasteiger partial charge >= 0.3 is 0 Å². The van der Waals surface area contributed by atoms with E-state index >= 15 is 0 Å². The number of rotatable bonds is 3. The molecule has 0 unspecified atom stereocenters. The Morgan fingerprint density at radius 3 is 3.12 bits per heavy atom. The van der Waals surface area contributed by atoms with Crippen molar-refractivity contribution >= 4 is 0 Å². The molecular formula is C11H11N5. The van der Waals surface area contributed by atoms with Gasteiger partial charge in [0.15, 0.2) is 0 Å². The number of hydrogen-bond donors (Lipinski definition) is 1. The summed E-state index contributed by atoms with van der Waals surface area (Å²) in [4.78, 5) is 8.08. The standard InChI is InChI=1S/C11H11N5/c1-13-6-9-4-10(8-14-7-9)16-3-2-15-11(16)5-12/h2-4,7-8,13H,6H2,1H3. The lowest BCUT2D eigenvalue weighted by atomic mass is 10.2. The van der Waals surface area contributed by atoms with Crippen molar-refractivity contribution in [2.24, 2.45) is 0 Å². The van der Waals surface area contributed by atoms with E-state index < -0.39 is 0 Å². The van der Waals surface area contributed by atoms with E-state index in [2.05, 4.69) is 15.3 Å². The third kappa shape index (κ3) is 1.92. The third-order valence-electron chi connectivity index (χ3n) is 2.18. The van der Waals surface area contributed by atoms with Crippen LogP contribution in [0.2, 0.25) is 0 Å². The van der Waals surface area contributed by atoms with Gasteiger partial charge in [-0.25, -0.2) is 4.98 Å². The summed E-state index contributed by atoms with van der Waals surface area (Å²) >= 11 is 0. The molecule has 80 valence electrons. The van der Waals surface area contributed by atoms with Crippen molar-refractivity contribution in [3.63, 3.8) is 0 Å². The first-order chi connectivity index (χ1) is 7.85. The number of nitriles is 1. The molecule has 0 aromatic carbocycles. The molecule has 0 saturated heterocycles. The molecule has 0 atom stereocenters. The van der Waals surface area contributed by atoms with Crippen molar-refractivity contribution in [2.45, 2.75) is 6.54 Å². The molecule has 0 aliphatic carbocycles. The van der Waals surface area contributed by atoms with Crippen LogP contribution in [0.1, 0.15) is 11.4 Å². The summed E-state index contributed by atoms with van der Waals surface area (Å²) in [6.07, 6.45) is 6.85. The maximum absolute atomic E-state index is 8.88. The van der Waals surface area contributed by atoms with Gasteiger partial charge in [-0.05, 0) is 18.7 Å².